The van der Waals surface area contributed by atoms with Crippen molar-refractivity contribution in [2.45, 2.75) is 20.0 Å². The van der Waals surface area contributed by atoms with E-state index in [1.807, 2.05) is 13.8 Å². The van der Waals surface area contributed by atoms with Crippen LogP contribution in [0.25, 0.3) is 0 Å². The van der Waals surface area contributed by atoms with Gasteiger partial charge in [0.15, 0.2) is 11.6 Å². The maximum Gasteiger partial charge on any atom is 0.224 e. The van der Waals surface area contributed by atoms with Gasteiger partial charge < -0.3 is 10.4 Å². The van der Waals surface area contributed by atoms with E-state index < -0.39 is 11.9 Å². The number of hydrogen-bond donors (Lipinski definition) is 2. The highest BCUT2D eigenvalue weighted by Crippen LogP contribution is 2.12. The zero-order chi connectivity index (χ0) is 11.4. The Bertz CT molecular complexity index is 335. The van der Waals surface area contributed by atoms with E-state index in [4.69, 9.17) is 11.6 Å². The van der Waals surface area contributed by atoms with Gasteiger partial charge >= 0.3 is 0 Å². The van der Waals surface area contributed by atoms with Crippen LogP contribution in [0.5, 0.6) is 0 Å². The number of rotatable bonds is 4. The van der Waals surface area contributed by atoms with Crippen molar-refractivity contribution in [2.75, 3.05) is 11.9 Å². The minimum atomic E-state index is -0.588. The number of halogens is 2. The fourth-order valence-corrected chi connectivity index (χ4v) is 1.04. The smallest absolute Gasteiger partial charge is 0.224 e. The van der Waals surface area contributed by atoms with Crippen LogP contribution >= 0.6 is 11.6 Å². The third kappa shape index (κ3) is 3.60. The normalized spacial score (nSPS) is 12.9. The molecule has 1 aromatic rings. The molecular formula is C9H13ClFN3O. The summed E-state index contributed by atoms with van der Waals surface area (Å²) < 4.78 is 13.1. The molecule has 84 valence electrons. The van der Waals surface area contributed by atoms with Gasteiger partial charge in [-0.1, -0.05) is 13.8 Å². The van der Waals surface area contributed by atoms with E-state index in [1.165, 1.54) is 0 Å². The van der Waals surface area contributed by atoms with Gasteiger partial charge in [-0.15, -0.1) is 0 Å². The summed E-state index contributed by atoms with van der Waals surface area (Å²) in [5.41, 5.74) is 0. The Morgan fingerprint density at radius 2 is 2.27 bits per heavy atom. The minimum absolute atomic E-state index is 0.00898. The lowest BCUT2D eigenvalue weighted by Crippen LogP contribution is -2.25. The van der Waals surface area contributed by atoms with Crippen LogP contribution in [-0.2, 0) is 0 Å². The van der Waals surface area contributed by atoms with Gasteiger partial charge in [0.25, 0.3) is 0 Å². The number of aliphatic hydroxyl groups excluding tert-OH is 1. The molecule has 0 aliphatic carbocycles. The maximum absolute atomic E-state index is 13.1. The molecule has 1 aromatic heterocycles. The Morgan fingerprint density at radius 3 is 2.87 bits per heavy atom. The summed E-state index contributed by atoms with van der Waals surface area (Å²) in [4.78, 5) is 7.14. The van der Waals surface area contributed by atoms with Crippen molar-refractivity contribution < 1.29 is 9.50 Å². The molecule has 6 heteroatoms. The van der Waals surface area contributed by atoms with Crippen molar-refractivity contribution >= 4 is 17.4 Å². The second kappa shape index (κ2) is 5.23. The summed E-state index contributed by atoms with van der Waals surface area (Å²) in [5.74, 6) is -0.483. The molecule has 0 aliphatic heterocycles. The molecule has 0 radical (unpaired) electrons. The van der Waals surface area contributed by atoms with Gasteiger partial charge in [-0.25, -0.2) is 9.37 Å². The summed E-state index contributed by atoms with van der Waals surface area (Å²) in [6.45, 7) is 3.97. The molecule has 0 saturated heterocycles. The Labute approximate surface area is 92.5 Å². The molecule has 0 aromatic carbocycles. The van der Waals surface area contributed by atoms with Crippen LogP contribution in [0.3, 0.4) is 0 Å². The molecule has 15 heavy (non-hydrogen) atoms. The first kappa shape index (κ1) is 12.1. The minimum Gasteiger partial charge on any atom is -0.391 e. The molecule has 1 heterocycles. The SMILES string of the molecule is CC(C)C(O)CNc1nc(Cl)ncc1F. The van der Waals surface area contributed by atoms with Crippen molar-refractivity contribution in [3.8, 4) is 0 Å². The highest BCUT2D eigenvalue weighted by atomic mass is 35.5. The van der Waals surface area contributed by atoms with Crippen molar-refractivity contribution in [1.82, 2.24) is 9.97 Å². The van der Waals surface area contributed by atoms with Crippen LogP contribution in [0.15, 0.2) is 6.20 Å². The molecule has 1 atom stereocenters. The highest BCUT2D eigenvalue weighted by Gasteiger charge is 2.11. The molecular weight excluding hydrogens is 221 g/mol. The van der Waals surface area contributed by atoms with Crippen molar-refractivity contribution in [1.29, 1.82) is 0 Å². The Hall–Kier alpha value is -0.940. The van der Waals surface area contributed by atoms with E-state index >= 15 is 0 Å². The first-order valence-corrected chi connectivity index (χ1v) is 4.98. The van der Waals surface area contributed by atoms with Crippen molar-refractivity contribution in [3.05, 3.63) is 17.3 Å². The molecule has 4 nitrogen and oxygen atoms in total. The maximum atomic E-state index is 13.1. The third-order valence-corrected chi connectivity index (χ3v) is 2.15. The van der Waals surface area contributed by atoms with Crippen LogP contribution in [-0.4, -0.2) is 27.7 Å². The summed E-state index contributed by atoms with van der Waals surface area (Å²) in [7, 11) is 0. The third-order valence-electron chi connectivity index (χ3n) is 1.96. The zero-order valence-corrected chi connectivity index (χ0v) is 9.29. The summed E-state index contributed by atoms with van der Waals surface area (Å²) in [6, 6.07) is 0. The molecule has 0 amide bonds. The number of anilines is 1. The number of aromatic nitrogens is 2. The average molecular weight is 234 g/mol. The molecule has 0 bridgehead atoms. The summed E-state index contributed by atoms with van der Waals surface area (Å²) >= 11 is 5.50. The van der Waals surface area contributed by atoms with Crippen molar-refractivity contribution in [2.24, 2.45) is 5.92 Å². The Morgan fingerprint density at radius 1 is 1.60 bits per heavy atom. The largest absolute Gasteiger partial charge is 0.391 e. The molecule has 0 fully saturated rings. The van der Waals surface area contributed by atoms with E-state index in [0.29, 0.717) is 0 Å². The lowest BCUT2D eigenvalue weighted by Gasteiger charge is -2.15. The average Bonchev–Trinajstić information content (AvgIpc) is 2.18. The quantitative estimate of drug-likeness (QED) is 0.778. The van der Waals surface area contributed by atoms with Crippen LogP contribution in [0, 0.1) is 11.7 Å². The van der Waals surface area contributed by atoms with E-state index in [0.717, 1.165) is 6.20 Å². The van der Waals surface area contributed by atoms with Crippen LogP contribution < -0.4 is 5.32 Å². The van der Waals surface area contributed by atoms with E-state index in [-0.39, 0.29) is 23.6 Å². The lowest BCUT2D eigenvalue weighted by molar-refractivity contribution is 0.137. The van der Waals surface area contributed by atoms with Crippen LogP contribution in [0.1, 0.15) is 13.8 Å². The topological polar surface area (TPSA) is 58.0 Å². The lowest BCUT2D eigenvalue weighted by atomic mass is 10.1. The van der Waals surface area contributed by atoms with Crippen molar-refractivity contribution in [3.63, 3.8) is 0 Å². The van der Waals surface area contributed by atoms with E-state index in [9.17, 15) is 9.50 Å². The molecule has 2 N–H and O–H groups in total. The van der Waals surface area contributed by atoms with Gasteiger partial charge in [0.1, 0.15) is 0 Å². The fraction of sp³-hybridized carbons (Fsp3) is 0.556. The molecule has 0 saturated carbocycles. The predicted octanol–water partition coefficient (Wildman–Crippen LogP) is 1.70. The van der Waals surface area contributed by atoms with Gasteiger partial charge in [-0.05, 0) is 17.5 Å². The molecule has 1 unspecified atom stereocenters. The van der Waals surface area contributed by atoms with Gasteiger partial charge in [0.05, 0.1) is 12.3 Å². The first-order chi connectivity index (χ1) is 7.00. The second-order valence-electron chi connectivity index (χ2n) is 3.53. The van der Waals surface area contributed by atoms with Crippen LogP contribution in [0.4, 0.5) is 10.2 Å². The Balaban J connectivity index is 2.61. The predicted molar refractivity (Wildman–Crippen MR) is 56.3 cm³/mol. The number of aliphatic hydroxyl groups is 1. The number of hydrogen-bond acceptors (Lipinski definition) is 4. The van der Waals surface area contributed by atoms with Gasteiger partial charge in [0, 0.05) is 6.54 Å². The molecule has 0 aliphatic rings. The molecule has 0 spiro atoms. The Kier molecular flexibility index (Phi) is 4.23. The first-order valence-electron chi connectivity index (χ1n) is 4.60. The summed E-state index contributed by atoms with van der Waals surface area (Å²) in [5, 5.41) is 12.1. The number of nitrogens with zero attached hydrogens (tertiary/aromatic N) is 2. The van der Waals surface area contributed by atoms with Gasteiger partial charge in [-0.2, -0.15) is 4.98 Å². The standard InChI is InChI=1S/C9H13ClFN3O/c1-5(2)7(15)4-12-8-6(11)3-13-9(10)14-8/h3,5,7,15H,4H2,1-2H3,(H,12,13,14). The fourth-order valence-electron chi connectivity index (χ4n) is 0.907. The second-order valence-corrected chi connectivity index (χ2v) is 3.87. The molecule has 1 rings (SSSR count). The van der Waals surface area contributed by atoms with E-state index in [1.54, 1.807) is 0 Å². The zero-order valence-electron chi connectivity index (χ0n) is 8.54. The summed E-state index contributed by atoms with van der Waals surface area (Å²) in [6.07, 6.45) is 0.428. The number of nitrogens with one attached hydrogen (secondary N) is 1. The van der Waals surface area contributed by atoms with Gasteiger partial charge in [-0.3, -0.25) is 0 Å². The monoisotopic (exact) mass is 233 g/mol. The van der Waals surface area contributed by atoms with Crippen LogP contribution in [0.2, 0.25) is 5.28 Å². The highest BCUT2D eigenvalue weighted by molar-refractivity contribution is 6.28. The van der Waals surface area contributed by atoms with E-state index in [2.05, 4.69) is 15.3 Å². The van der Waals surface area contributed by atoms with Gasteiger partial charge in [0.2, 0.25) is 5.28 Å².